The van der Waals surface area contributed by atoms with Crippen molar-refractivity contribution in [2.45, 2.75) is 13.0 Å². The minimum atomic E-state index is -0.447. The molecule has 9 heteroatoms. The molecule has 25 heavy (non-hydrogen) atoms. The van der Waals surface area contributed by atoms with Crippen LogP contribution in [-0.2, 0) is 4.74 Å². The van der Waals surface area contributed by atoms with Gasteiger partial charge in [-0.05, 0) is 6.92 Å². The van der Waals surface area contributed by atoms with Crippen molar-refractivity contribution in [1.82, 2.24) is 20.3 Å². The van der Waals surface area contributed by atoms with Gasteiger partial charge in [-0.1, -0.05) is 0 Å². The summed E-state index contributed by atoms with van der Waals surface area (Å²) in [6, 6.07) is 0. The van der Waals surface area contributed by atoms with Gasteiger partial charge in [0, 0.05) is 36.9 Å². The fourth-order valence-electron chi connectivity index (χ4n) is 3.42. The third-order valence-electron chi connectivity index (χ3n) is 4.70. The first-order valence-electron chi connectivity index (χ1n) is 8.14. The van der Waals surface area contributed by atoms with Crippen LogP contribution in [0, 0.1) is 24.6 Å². The molecule has 4 rings (SSSR count). The molecule has 2 saturated heterocycles. The van der Waals surface area contributed by atoms with Gasteiger partial charge < -0.3 is 15.0 Å². The molecule has 3 atom stereocenters. The molecule has 2 aliphatic rings. The zero-order valence-corrected chi connectivity index (χ0v) is 14.5. The lowest BCUT2D eigenvalue weighted by molar-refractivity contribution is 0.0935. The van der Waals surface area contributed by atoms with Gasteiger partial charge in [-0.3, -0.25) is 4.79 Å². The van der Waals surface area contributed by atoms with Crippen LogP contribution in [0.2, 0.25) is 0 Å². The summed E-state index contributed by atoms with van der Waals surface area (Å²) < 4.78 is 18.8. The van der Waals surface area contributed by atoms with Crippen LogP contribution in [0.3, 0.4) is 0 Å². The highest BCUT2D eigenvalue weighted by molar-refractivity contribution is 7.09. The number of aromatic nitrogens is 3. The van der Waals surface area contributed by atoms with Gasteiger partial charge >= 0.3 is 0 Å². The molecular formula is C16H18FN5O2S. The zero-order valence-electron chi connectivity index (χ0n) is 13.7. The van der Waals surface area contributed by atoms with Gasteiger partial charge in [0.2, 0.25) is 5.95 Å². The van der Waals surface area contributed by atoms with Gasteiger partial charge in [0.05, 0.1) is 30.1 Å². The molecule has 2 aromatic heterocycles. The van der Waals surface area contributed by atoms with Crippen LogP contribution in [0.25, 0.3) is 0 Å². The minimum absolute atomic E-state index is 0.0945. The monoisotopic (exact) mass is 363 g/mol. The number of ether oxygens (including phenoxy) is 1. The molecule has 0 saturated carbocycles. The number of aryl methyl sites for hydroxylation is 1. The Kier molecular flexibility index (Phi) is 4.34. The molecular weight excluding hydrogens is 345 g/mol. The molecule has 0 unspecified atom stereocenters. The van der Waals surface area contributed by atoms with Crippen molar-refractivity contribution < 1.29 is 13.9 Å². The van der Waals surface area contributed by atoms with E-state index in [-0.39, 0.29) is 17.9 Å². The van der Waals surface area contributed by atoms with Crippen molar-refractivity contribution in [2.24, 2.45) is 11.8 Å². The Labute approximate surface area is 148 Å². The predicted molar refractivity (Wildman–Crippen MR) is 90.1 cm³/mol. The first-order valence-corrected chi connectivity index (χ1v) is 9.02. The van der Waals surface area contributed by atoms with Crippen molar-refractivity contribution in [2.75, 3.05) is 31.1 Å². The van der Waals surface area contributed by atoms with Crippen molar-refractivity contribution in [3.05, 3.63) is 34.3 Å². The third-order valence-corrected chi connectivity index (χ3v) is 5.48. The lowest BCUT2D eigenvalue weighted by Gasteiger charge is -2.19. The number of fused-ring (bicyclic) bond motifs is 1. The summed E-state index contributed by atoms with van der Waals surface area (Å²) in [6.45, 7) is 4.48. The Hall–Kier alpha value is -2.13. The molecule has 0 spiro atoms. The molecule has 2 aliphatic heterocycles. The first-order chi connectivity index (χ1) is 12.1. The van der Waals surface area contributed by atoms with E-state index in [0.717, 1.165) is 11.6 Å². The summed E-state index contributed by atoms with van der Waals surface area (Å²) in [7, 11) is 0. The Morgan fingerprint density at radius 2 is 2.24 bits per heavy atom. The molecule has 2 aromatic rings. The van der Waals surface area contributed by atoms with Gasteiger partial charge in [0.15, 0.2) is 5.82 Å². The Morgan fingerprint density at radius 1 is 1.44 bits per heavy atom. The van der Waals surface area contributed by atoms with E-state index < -0.39 is 5.82 Å². The number of hydrogen-bond acceptors (Lipinski definition) is 7. The van der Waals surface area contributed by atoms with Gasteiger partial charge in [-0.25, -0.2) is 19.3 Å². The minimum Gasteiger partial charge on any atom is -0.376 e. The number of halogens is 1. The maximum absolute atomic E-state index is 13.0. The standard InChI is InChI=1S/C16H18FN5O2S/c1-9-21-13(8-25-9)15(23)18-2-10-7-24-14-6-22(5-12(10)14)16-19-3-11(17)4-20-16/h3-4,8,10,12,14H,2,5-7H2,1H3,(H,18,23)/t10-,12+,14+/m1/s1. The fraction of sp³-hybridized carbons (Fsp3) is 0.500. The van der Waals surface area contributed by atoms with Gasteiger partial charge in [-0.15, -0.1) is 11.3 Å². The number of hydrogen-bond donors (Lipinski definition) is 1. The van der Waals surface area contributed by atoms with Crippen LogP contribution in [0.4, 0.5) is 10.3 Å². The largest absolute Gasteiger partial charge is 0.376 e. The number of amides is 1. The van der Waals surface area contributed by atoms with Crippen molar-refractivity contribution >= 4 is 23.2 Å². The molecule has 0 bridgehead atoms. The van der Waals surface area contributed by atoms with E-state index in [1.807, 2.05) is 11.8 Å². The average molecular weight is 363 g/mol. The lowest BCUT2D eigenvalue weighted by Crippen LogP contribution is -2.34. The van der Waals surface area contributed by atoms with E-state index in [1.54, 1.807) is 5.38 Å². The number of anilines is 1. The van der Waals surface area contributed by atoms with E-state index in [1.165, 1.54) is 23.7 Å². The molecule has 0 radical (unpaired) electrons. The molecule has 7 nitrogen and oxygen atoms in total. The highest BCUT2D eigenvalue weighted by Gasteiger charge is 2.44. The maximum atomic E-state index is 13.0. The molecule has 4 heterocycles. The van der Waals surface area contributed by atoms with E-state index in [2.05, 4.69) is 20.3 Å². The normalized spacial score (nSPS) is 25.2. The summed E-state index contributed by atoms with van der Waals surface area (Å²) in [4.78, 5) is 26.4. The number of nitrogens with zero attached hydrogens (tertiary/aromatic N) is 4. The average Bonchev–Trinajstić information content (AvgIpc) is 3.29. The van der Waals surface area contributed by atoms with Crippen LogP contribution in [0.1, 0.15) is 15.5 Å². The Balaban J connectivity index is 1.35. The van der Waals surface area contributed by atoms with Crippen molar-refractivity contribution in [3.8, 4) is 0 Å². The van der Waals surface area contributed by atoms with Gasteiger partial charge in [0.1, 0.15) is 5.69 Å². The Morgan fingerprint density at radius 3 is 2.96 bits per heavy atom. The summed E-state index contributed by atoms with van der Waals surface area (Å²) in [5, 5.41) is 5.60. The predicted octanol–water partition coefficient (Wildman–Crippen LogP) is 1.26. The molecule has 1 amide bonds. The van der Waals surface area contributed by atoms with Crippen LogP contribution in [-0.4, -0.2) is 53.2 Å². The van der Waals surface area contributed by atoms with Crippen LogP contribution < -0.4 is 10.2 Å². The summed E-state index contributed by atoms with van der Waals surface area (Å²) in [6.07, 6.45) is 2.44. The molecule has 1 N–H and O–H groups in total. The van der Waals surface area contributed by atoms with Crippen LogP contribution >= 0.6 is 11.3 Å². The molecule has 132 valence electrons. The second-order valence-electron chi connectivity index (χ2n) is 6.36. The molecule has 0 aliphatic carbocycles. The van der Waals surface area contributed by atoms with Gasteiger partial charge in [0.25, 0.3) is 5.91 Å². The third kappa shape index (κ3) is 3.34. The summed E-state index contributed by atoms with van der Waals surface area (Å²) in [5.74, 6) is 0.451. The summed E-state index contributed by atoms with van der Waals surface area (Å²) >= 11 is 1.46. The fourth-order valence-corrected chi connectivity index (χ4v) is 4.02. The Bertz CT molecular complexity index is 768. The molecule has 2 fully saturated rings. The number of thiazole rings is 1. The number of nitrogens with one attached hydrogen (secondary N) is 1. The number of carbonyl (C=O) groups is 1. The van der Waals surface area contributed by atoms with E-state index >= 15 is 0 Å². The second kappa shape index (κ2) is 6.64. The number of carbonyl (C=O) groups excluding carboxylic acids is 1. The topological polar surface area (TPSA) is 80.2 Å². The SMILES string of the molecule is Cc1nc(C(=O)NC[C@@H]2CO[C@H]3CN(c4ncc(F)cn4)C[C@@H]23)cs1. The van der Waals surface area contributed by atoms with Crippen LogP contribution in [0.15, 0.2) is 17.8 Å². The van der Waals surface area contributed by atoms with Gasteiger partial charge in [-0.2, -0.15) is 0 Å². The van der Waals surface area contributed by atoms with Crippen molar-refractivity contribution in [3.63, 3.8) is 0 Å². The van der Waals surface area contributed by atoms with E-state index in [9.17, 15) is 9.18 Å². The zero-order chi connectivity index (χ0) is 17.4. The maximum Gasteiger partial charge on any atom is 0.270 e. The molecule has 0 aromatic carbocycles. The number of rotatable bonds is 4. The smallest absolute Gasteiger partial charge is 0.270 e. The quantitative estimate of drug-likeness (QED) is 0.881. The van der Waals surface area contributed by atoms with E-state index in [4.69, 9.17) is 4.74 Å². The lowest BCUT2D eigenvalue weighted by atomic mass is 9.93. The van der Waals surface area contributed by atoms with Crippen molar-refractivity contribution in [1.29, 1.82) is 0 Å². The first kappa shape index (κ1) is 16.3. The van der Waals surface area contributed by atoms with E-state index in [0.29, 0.717) is 37.3 Å². The van der Waals surface area contributed by atoms with Crippen LogP contribution in [0.5, 0.6) is 0 Å². The summed E-state index contributed by atoms with van der Waals surface area (Å²) in [5.41, 5.74) is 0.464. The highest BCUT2D eigenvalue weighted by Crippen LogP contribution is 2.34. The highest BCUT2D eigenvalue weighted by atomic mass is 32.1. The second-order valence-corrected chi connectivity index (χ2v) is 7.43.